The van der Waals surface area contributed by atoms with E-state index < -0.39 is 12.0 Å². The first-order valence-electron chi connectivity index (χ1n) is 4.92. The average molecular weight is 268 g/mol. The van der Waals surface area contributed by atoms with E-state index in [2.05, 4.69) is 0 Å². The summed E-state index contributed by atoms with van der Waals surface area (Å²) in [6.45, 7) is 0. The Morgan fingerprint density at radius 2 is 2.00 bits per heavy atom. The molecule has 0 fully saturated rings. The molecule has 0 spiro atoms. The van der Waals surface area contributed by atoms with Gasteiger partial charge in [0.1, 0.15) is 6.04 Å². The van der Waals surface area contributed by atoms with Crippen LogP contribution in [0.4, 0.5) is 0 Å². The lowest BCUT2D eigenvalue weighted by molar-refractivity contribution is -0.138. The van der Waals surface area contributed by atoms with Crippen molar-refractivity contribution in [1.29, 1.82) is 0 Å². The standard InChI is InChI=1S/C12H10ClNO2S/c13-8-6-9(7-4-2-1-3-5-7)17-11(8)10(14)12(15)16/h1-6,10H,14H2,(H,15,16). The minimum Gasteiger partial charge on any atom is -0.480 e. The molecule has 1 atom stereocenters. The summed E-state index contributed by atoms with van der Waals surface area (Å²) >= 11 is 7.31. The number of carbonyl (C=O) groups is 1. The smallest absolute Gasteiger partial charge is 0.326 e. The van der Waals surface area contributed by atoms with Crippen molar-refractivity contribution >= 4 is 28.9 Å². The molecule has 0 aliphatic heterocycles. The molecule has 0 saturated heterocycles. The molecule has 17 heavy (non-hydrogen) atoms. The highest BCUT2D eigenvalue weighted by Crippen LogP contribution is 2.37. The summed E-state index contributed by atoms with van der Waals surface area (Å²) < 4.78 is 0. The largest absolute Gasteiger partial charge is 0.480 e. The highest BCUT2D eigenvalue weighted by Gasteiger charge is 2.20. The predicted molar refractivity (Wildman–Crippen MR) is 69.3 cm³/mol. The van der Waals surface area contributed by atoms with Gasteiger partial charge in [0, 0.05) is 4.88 Å². The van der Waals surface area contributed by atoms with Crippen LogP contribution in [0.25, 0.3) is 10.4 Å². The van der Waals surface area contributed by atoms with E-state index >= 15 is 0 Å². The Balaban J connectivity index is 2.41. The number of carboxylic acids is 1. The number of carboxylic acid groups (broad SMARTS) is 1. The highest BCUT2D eigenvalue weighted by molar-refractivity contribution is 7.16. The van der Waals surface area contributed by atoms with E-state index in [-0.39, 0.29) is 0 Å². The molecule has 0 bridgehead atoms. The predicted octanol–water partition coefficient (Wildman–Crippen LogP) is 3.15. The van der Waals surface area contributed by atoms with Gasteiger partial charge in [-0.3, -0.25) is 4.79 Å². The first-order valence-corrected chi connectivity index (χ1v) is 6.12. The van der Waals surface area contributed by atoms with Crippen molar-refractivity contribution in [1.82, 2.24) is 0 Å². The van der Waals surface area contributed by atoms with E-state index in [1.807, 2.05) is 30.3 Å². The van der Waals surface area contributed by atoms with Crippen molar-refractivity contribution in [2.24, 2.45) is 5.73 Å². The van der Waals surface area contributed by atoms with Crippen LogP contribution < -0.4 is 5.73 Å². The zero-order chi connectivity index (χ0) is 12.4. The molecule has 0 aliphatic carbocycles. The van der Waals surface area contributed by atoms with Crippen LogP contribution in [0, 0.1) is 0 Å². The summed E-state index contributed by atoms with van der Waals surface area (Å²) in [5, 5.41) is 9.27. The van der Waals surface area contributed by atoms with E-state index in [0.29, 0.717) is 9.90 Å². The maximum Gasteiger partial charge on any atom is 0.326 e. The third kappa shape index (κ3) is 2.49. The quantitative estimate of drug-likeness (QED) is 0.898. The molecule has 88 valence electrons. The van der Waals surface area contributed by atoms with Crippen molar-refractivity contribution in [2.45, 2.75) is 6.04 Å². The molecular formula is C12H10ClNO2S. The van der Waals surface area contributed by atoms with Gasteiger partial charge in [-0.15, -0.1) is 11.3 Å². The summed E-state index contributed by atoms with van der Waals surface area (Å²) in [7, 11) is 0. The van der Waals surface area contributed by atoms with E-state index in [1.165, 1.54) is 11.3 Å². The van der Waals surface area contributed by atoms with Crippen molar-refractivity contribution in [3.63, 3.8) is 0 Å². The Morgan fingerprint density at radius 1 is 1.35 bits per heavy atom. The lowest BCUT2D eigenvalue weighted by Gasteiger charge is -2.02. The van der Waals surface area contributed by atoms with Crippen LogP contribution in [0.5, 0.6) is 0 Å². The summed E-state index contributed by atoms with van der Waals surface area (Å²) in [4.78, 5) is 12.2. The molecular weight excluding hydrogens is 258 g/mol. The SMILES string of the molecule is NC(C(=O)O)c1sc(-c2ccccc2)cc1Cl. The molecule has 1 heterocycles. The number of aliphatic carboxylic acids is 1. The molecule has 1 unspecified atom stereocenters. The van der Waals surface area contributed by atoms with Gasteiger partial charge in [0.05, 0.1) is 9.90 Å². The van der Waals surface area contributed by atoms with Gasteiger partial charge >= 0.3 is 5.97 Å². The molecule has 5 heteroatoms. The summed E-state index contributed by atoms with van der Waals surface area (Å²) in [5.74, 6) is -1.08. The zero-order valence-electron chi connectivity index (χ0n) is 8.76. The maximum atomic E-state index is 10.8. The third-order valence-electron chi connectivity index (χ3n) is 2.32. The molecule has 1 aromatic carbocycles. The molecule has 0 aliphatic rings. The topological polar surface area (TPSA) is 63.3 Å². The van der Waals surface area contributed by atoms with Crippen LogP contribution in [-0.4, -0.2) is 11.1 Å². The molecule has 0 amide bonds. The van der Waals surface area contributed by atoms with Crippen LogP contribution in [0.3, 0.4) is 0 Å². The van der Waals surface area contributed by atoms with Gasteiger partial charge < -0.3 is 10.8 Å². The zero-order valence-corrected chi connectivity index (χ0v) is 10.3. The average Bonchev–Trinajstić information content (AvgIpc) is 2.71. The fourth-order valence-electron chi connectivity index (χ4n) is 1.45. The van der Waals surface area contributed by atoms with Crippen LogP contribution in [0.2, 0.25) is 5.02 Å². The lowest BCUT2D eigenvalue weighted by Crippen LogP contribution is -2.19. The van der Waals surface area contributed by atoms with Crippen LogP contribution in [0.15, 0.2) is 36.4 Å². The van der Waals surface area contributed by atoms with Gasteiger partial charge in [0.15, 0.2) is 0 Å². The lowest BCUT2D eigenvalue weighted by atomic mass is 10.2. The van der Waals surface area contributed by atoms with E-state index in [0.717, 1.165) is 10.4 Å². The second-order valence-electron chi connectivity index (χ2n) is 3.50. The number of hydrogen-bond donors (Lipinski definition) is 2. The minimum atomic E-state index is -1.08. The van der Waals surface area contributed by atoms with E-state index in [1.54, 1.807) is 6.07 Å². The molecule has 0 radical (unpaired) electrons. The Kier molecular flexibility index (Phi) is 3.47. The van der Waals surface area contributed by atoms with Gasteiger partial charge in [0.25, 0.3) is 0 Å². The van der Waals surface area contributed by atoms with Gasteiger partial charge in [-0.1, -0.05) is 41.9 Å². The number of halogens is 1. The van der Waals surface area contributed by atoms with Crippen LogP contribution in [0.1, 0.15) is 10.9 Å². The molecule has 1 aromatic heterocycles. The Morgan fingerprint density at radius 3 is 2.59 bits per heavy atom. The van der Waals surface area contributed by atoms with Gasteiger partial charge in [-0.25, -0.2) is 0 Å². The summed E-state index contributed by atoms with van der Waals surface area (Å²) in [5.41, 5.74) is 6.56. The maximum absolute atomic E-state index is 10.8. The fourth-order valence-corrected chi connectivity index (χ4v) is 2.91. The number of benzene rings is 1. The first-order chi connectivity index (χ1) is 8.09. The molecule has 3 N–H and O–H groups in total. The second kappa shape index (κ2) is 4.87. The number of hydrogen-bond acceptors (Lipinski definition) is 3. The Labute approximate surface area is 107 Å². The van der Waals surface area contributed by atoms with Gasteiger partial charge in [0.2, 0.25) is 0 Å². The van der Waals surface area contributed by atoms with Gasteiger partial charge in [-0.2, -0.15) is 0 Å². The monoisotopic (exact) mass is 267 g/mol. The second-order valence-corrected chi connectivity index (χ2v) is 5.00. The van der Waals surface area contributed by atoms with Crippen molar-refractivity contribution in [3.05, 3.63) is 46.3 Å². The van der Waals surface area contributed by atoms with E-state index in [4.69, 9.17) is 22.4 Å². The normalized spacial score (nSPS) is 12.4. The van der Waals surface area contributed by atoms with E-state index in [9.17, 15) is 4.79 Å². The number of rotatable bonds is 3. The number of thiophene rings is 1. The minimum absolute atomic E-state index is 0.406. The van der Waals surface area contributed by atoms with Crippen LogP contribution >= 0.6 is 22.9 Å². The fraction of sp³-hybridized carbons (Fsp3) is 0.0833. The van der Waals surface area contributed by atoms with Crippen molar-refractivity contribution in [2.75, 3.05) is 0 Å². The van der Waals surface area contributed by atoms with Crippen molar-refractivity contribution < 1.29 is 9.90 Å². The third-order valence-corrected chi connectivity index (χ3v) is 4.01. The Bertz CT molecular complexity index is 539. The molecule has 2 rings (SSSR count). The Hall–Kier alpha value is -1.36. The number of nitrogens with two attached hydrogens (primary N) is 1. The molecule has 0 saturated carbocycles. The molecule has 2 aromatic rings. The van der Waals surface area contributed by atoms with Crippen LogP contribution in [-0.2, 0) is 4.79 Å². The van der Waals surface area contributed by atoms with Gasteiger partial charge in [-0.05, 0) is 11.6 Å². The summed E-state index contributed by atoms with van der Waals surface area (Å²) in [6.07, 6.45) is 0. The first kappa shape index (κ1) is 12.1. The van der Waals surface area contributed by atoms with Crippen molar-refractivity contribution in [3.8, 4) is 10.4 Å². The molecule has 3 nitrogen and oxygen atoms in total. The highest BCUT2D eigenvalue weighted by atomic mass is 35.5. The summed E-state index contributed by atoms with van der Waals surface area (Å²) in [6, 6.07) is 10.3.